The van der Waals surface area contributed by atoms with Gasteiger partial charge in [-0.25, -0.2) is 0 Å². The minimum Gasteiger partial charge on any atom is -0.341 e. The van der Waals surface area contributed by atoms with Crippen molar-refractivity contribution in [2.24, 2.45) is 0 Å². The molecule has 0 aromatic rings. The molecule has 20 heavy (non-hydrogen) atoms. The SMILES string of the molecule is CCCCCCCCCCCC(=O)NC(C)N(C)C.Cl. The summed E-state index contributed by atoms with van der Waals surface area (Å²) in [6, 6.07) is 0. The molecule has 0 fully saturated rings. The van der Waals surface area contributed by atoms with Crippen LogP contribution in [0.3, 0.4) is 0 Å². The third kappa shape index (κ3) is 14.1. The van der Waals surface area contributed by atoms with Gasteiger partial charge in [0.05, 0.1) is 6.17 Å². The van der Waals surface area contributed by atoms with Gasteiger partial charge in [-0.3, -0.25) is 9.69 Å². The molecule has 0 spiro atoms. The van der Waals surface area contributed by atoms with E-state index in [1.807, 2.05) is 25.9 Å². The second kappa shape index (κ2) is 15.1. The van der Waals surface area contributed by atoms with Gasteiger partial charge in [-0.15, -0.1) is 12.4 Å². The van der Waals surface area contributed by atoms with Gasteiger partial charge in [0.25, 0.3) is 0 Å². The van der Waals surface area contributed by atoms with Crippen LogP contribution in [0.15, 0.2) is 0 Å². The number of halogens is 1. The average Bonchev–Trinajstić information content (AvgIpc) is 2.36. The largest absolute Gasteiger partial charge is 0.341 e. The Morgan fingerprint density at radius 2 is 1.40 bits per heavy atom. The molecule has 0 heterocycles. The van der Waals surface area contributed by atoms with Crippen molar-refractivity contribution in [3.05, 3.63) is 0 Å². The Morgan fingerprint density at radius 1 is 0.950 bits per heavy atom. The minimum atomic E-state index is 0. The molecule has 0 saturated heterocycles. The van der Waals surface area contributed by atoms with Gasteiger partial charge in [-0.1, -0.05) is 58.3 Å². The number of hydrogen-bond acceptors (Lipinski definition) is 2. The summed E-state index contributed by atoms with van der Waals surface area (Å²) in [7, 11) is 3.95. The van der Waals surface area contributed by atoms with E-state index in [1.165, 1.54) is 51.4 Å². The molecule has 122 valence electrons. The number of carbonyl (C=O) groups is 1. The highest BCUT2D eigenvalue weighted by atomic mass is 35.5. The van der Waals surface area contributed by atoms with E-state index in [4.69, 9.17) is 0 Å². The van der Waals surface area contributed by atoms with E-state index in [2.05, 4.69) is 12.2 Å². The van der Waals surface area contributed by atoms with E-state index in [0.717, 1.165) is 6.42 Å². The summed E-state index contributed by atoms with van der Waals surface area (Å²) in [4.78, 5) is 13.6. The van der Waals surface area contributed by atoms with Crippen LogP contribution in [0.25, 0.3) is 0 Å². The topological polar surface area (TPSA) is 32.3 Å². The van der Waals surface area contributed by atoms with Crippen LogP contribution in [-0.4, -0.2) is 31.1 Å². The summed E-state index contributed by atoms with van der Waals surface area (Å²) in [5.74, 6) is 0.184. The Balaban J connectivity index is 0. The maximum atomic E-state index is 11.6. The molecule has 1 amide bonds. The van der Waals surface area contributed by atoms with Crippen molar-refractivity contribution in [3.63, 3.8) is 0 Å². The maximum Gasteiger partial charge on any atom is 0.221 e. The lowest BCUT2D eigenvalue weighted by Crippen LogP contribution is -2.42. The van der Waals surface area contributed by atoms with Crippen LogP contribution >= 0.6 is 12.4 Å². The molecule has 1 unspecified atom stereocenters. The van der Waals surface area contributed by atoms with Crippen molar-refractivity contribution in [2.45, 2.75) is 84.2 Å². The summed E-state index contributed by atoms with van der Waals surface area (Å²) >= 11 is 0. The van der Waals surface area contributed by atoms with Gasteiger partial charge in [0, 0.05) is 6.42 Å². The van der Waals surface area contributed by atoms with E-state index in [-0.39, 0.29) is 24.5 Å². The first-order valence-corrected chi connectivity index (χ1v) is 8.03. The molecular formula is C16H35ClN2O. The van der Waals surface area contributed by atoms with Gasteiger partial charge in [0.1, 0.15) is 0 Å². The standard InChI is InChI=1S/C16H34N2O.ClH/c1-5-6-7-8-9-10-11-12-13-14-16(19)17-15(2)18(3)4;/h15H,5-14H2,1-4H3,(H,17,19);1H. The number of amides is 1. The summed E-state index contributed by atoms with van der Waals surface area (Å²) in [5, 5.41) is 2.99. The number of nitrogens with zero attached hydrogens (tertiary/aromatic N) is 1. The van der Waals surface area contributed by atoms with Crippen molar-refractivity contribution < 1.29 is 4.79 Å². The normalized spacial score (nSPS) is 12.1. The Bertz CT molecular complexity index is 223. The second-order valence-corrected chi connectivity index (χ2v) is 5.79. The van der Waals surface area contributed by atoms with Crippen LogP contribution in [0.5, 0.6) is 0 Å². The Kier molecular flexibility index (Phi) is 16.6. The highest BCUT2D eigenvalue weighted by molar-refractivity contribution is 5.85. The first kappa shape index (κ1) is 22.0. The van der Waals surface area contributed by atoms with Gasteiger partial charge in [0.15, 0.2) is 0 Å². The van der Waals surface area contributed by atoms with Gasteiger partial charge < -0.3 is 5.32 Å². The quantitative estimate of drug-likeness (QED) is 0.429. The number of carbonyl (C=O) groups excluding carboxylic acids is 1. The predicted molar refractivity (Wildman–Crippen MR) is 90.4 cm³/mol. The zero-order valence-corrected chi connectivity index (χ0v) is 14.7. The second-order valence-electron chi connectivity index (χ2n) is 5.79. The van der Waals surface area contributed by atoms with Gasteiger partial charge >= 0.3 is 0 Å². The average molecular weight is 307 g/mol. The van der Waals surface area contributed by atoms with Crippen LogP contribution in [0.4, 0.5) is 0 Å². The smallest absolute Gasteiger partial charge is 0.221 e. The summed E-state index contributed by atoms with van der Waals surface area (Å²) in [5.41, 5.74) is 0. The number of rotatable bonds is 12. The third-order valence-electron chi connectivity index (χ3n) is 3.65. The molecule has 0 aromatic carbocycles. The number of nitrogens with one attached hydrogen (secondary N) is 1. The van der Waals surface area contributed by atoms with Crippen molar-refractivity contribution >= 4 is 18.3 Å². The zero-order valence-electron chi connectivity index (χ0n) is 13.9. The number of hydrogen-bond donors (Lipinski definition) is 1. The van der Waals surface area contributed by atoms with Crippen LogP contribution in [0, 0.1) is 0 Å². The lowest BCUT2D eigenvalue weighted by Gasteiger charge is -2.20. The summed E-state index contributed by atoms with van der Waals surface area (Å²) < 4.78 is 0. The van der Waals surface area contributed by atoms with Gasteiger partial charge in [-0.2, -0.15) is 0 Å². The Morgan fingerprint density at radius 3 is 1.85 bits per heavy atom. The van der Waals surface area contributed by atoms with E-state index < -0.39 is 0 Å². The van der Waals surface area contributed by atoms with Crippen molar-refractivity contribution in [3.8, 4) is 0 Å². The minimum absolute atomic E-state index is 0. The van der Waals surface area contributed by atoms with E-state index in [9.17, 15) is 4.79 Å². The van der Waals surface area contributed by atoms with Gasteiger partial charge in [-0.05, 0) is 27.4 Å². The van der Waals surface area contributed by atoms with E-state index in [0.29, 0.717) is 6.42 Å². The van der Waals surface area contributed by atoms with Gasteiger partial charge in [0.2, 0.25) is 5.91 Å². The Labute approximate surface area is 132 Å². The highest BCUT2D eigenvalue weighted by Gasteiger charge is 2.07. The molecule has 0 aromatic heterocycles. The van der Waals surface area contributed by atoms with Crippen molar-refractivity contribution in [1.29, 1.82) is 0 Å². The fourth-order valence-corrected chi connectivity index (χ4v) is 2.03. The molecule has 0 bridgehead atoms. The summed E-state index contributed by atoms with van der Waals surface area (Å²) in [6.45, 7) is 4.26. The highest BCUT2D eigenvalue weighted by Crippen LogP contribution is 2.10. The molecule has 1 N–H and O–H groups in total. The lowest BCUT2D eigenvalue weighted by atomic mass is 10.1. The lowest BCUT2D eigenvalue weighted by molar-refractivity contribution is -0.122. The zero-order chi connectivity index (χ0) is 14.5. The monoisotopic (exact) mass is 306 g/mol. The molecule has 0 rings (SSSR count). The molecule has 1 atom stereocenters. The molecule has 0 aliphatic carbocycles. The fourth-order valence-electron chi connectivity index (χ4n) is 2.03. The predicted octanol–water partition coefficient (Wildman–Crippen LogP) is 4.35. The van der Waals surface area contributed by atoms with Crippen molar-refractivity contribution in [1.82, 2.24) is 10.2 Å². The first-order valence-electron chi connectivity index (χ1n) is 8.03. The number of unbranched alkanes of at least 4 members (excludes halogenated alkanes) is 8. The van der Waals surface area contributed by atoms with Crippen LogP contribution in [0.1, 0.15) is 78.1 Å². The van der Waals surface area contributed by atoms with Crippen LogP contribution < -0.4 is 5.32 Å². The maximum absolute atomic E-state index is 11.6. The fraction of sp³-hybridized carbons (Fsp3) is 0.938. The molecule has 3 nitrogen and oxygen atoms in total. The molecule has 0 aliphatic heterocycles. The molecule has 0 aliphatic rings. The molecule has 4 heteroatoms. The third-order valence-corrected chi connectivity index (χ3v) is 3.65. The Hall–Kier alpha value is -0.280. The van der Waals surface area contributed by atoms with Crippen LogP contribution in [-0.2, 0) is 4.79 Å². The van der Waals surface area contributed by atoms with Crippen molar-refractivity contribution in [2.75, 3.05) is 14.1 Å². The molecular weight excluding hydrogens is 272 g/mol. The van der Waals surface area contributed by atoms with E-state index >= 15 is 0 Å². The van der Waals surface area contributed by atoms with E-state index in [1.54, 1.807) is 0 Å². The van der Waals surface area contributed by atoms with Crippen LogP contribution in [0.2, 0.25) is 0 Å². The summed E-state index contributed by atoms with van der Waals surface area (Å²) in [6.07, 6.45) is 12.5. The molecule has 0 radical (unpaired) electrons. The molecule has 0 saturated carbocycles. The first-order chi connectivity index (χ1) is 9.07.